The quantitative estimate of drug-likeness (QED) is 0.616. The monoisotopic (exact) mass is 277 g/mol. The zero-order chi connectivity index (χ0) is 14.7. The number of fused-ring (bicyclic) bond motifs is 1. The number of hydrogen-bond acceptors (Lipinski definition) is 4. The van der Waals surface area contributed by atoms with Gasteiger partial charge in [-0.1, -0.05) is 0 Å². The first-order chi connectivity index (χ1) is 9.29. The van der Waals surface area contributed by atoms with E-state index in [2.05, 4.69) is 0 Å². The Balaban J connectivity index is 1.84. The third-order valence-corrected chi connectivity index (χ3v) is 5.54. The summed E-state index contributed by atoms with van der Waals surface area (Å²) in [4.78, 5) is 35.4. The first kappa shape index (κ1) is 13.3. The molecular weight excluding hydrogens is 258 g/mol. The highest BCUT2D eigenvalue weighted by atomic mass is 16.6. The lowest BCUT2D eigenvalue weighted by molar-refractivity contribution is -0.157. The summed E-state index contributed by atoms with van der Waals surface area (Å²) in [5.41, 5.74) is 4.32. The summed E-state index contributed by atoms with van der Waals surface area (Å²) < 4.78 is 5.58. The highest BCUT2D eigenvalue weighted by Gasteiger charge is 2.75. The Kier molecular flexibility index (Phi) is 2.62. The van der Waals surface area contributed by atoms with E-state index in [0.29, 0.717) is 0 Å². The number of esters is 1. The number of allylic oxidation sites excluding steroid dienone is 1. The molecule has 1 saturated heterocycles. The van der Waals surface area contributed by atoms with E-state index in [4.69, 9.17) is 10.5 Å². The Bertz CT molecular complexity index is 550. The van der Waals surface area contributed by atoms with E-state index in [9.17, 15) is 14.4 Å². The largest absolute Gasteiger partial charge is 0.459 e. The lowest BCUT2D eigenvalue weighted by atomic mass is 9.43. The molecule has 4 unspecified atom stereocenters. The van der Waals surface area contributed by atoms with Crippen molar-refractivity contribution in [2.24, 2.45) is 23.0 Å². The highest BCUT2D eigenvalue weighted by molar-refractivity contribution is 6.02. The maximum Gasteiger partial charge on any atom is 0.313 e. The molecule has 4 aliphatic rings. The third kappa shape index (κ3) is 1.52. The number of carbonyl (C=O) groups is 3. The topological polar surface area (TPSA) is 86.5 Å². The fourth-order valence-corrected chi connectivity index (χ4v) is 4.36. The maximum atomic E-state index is 12.3. The van der Waals surface area contributed by atoms with Crippen molar-refractivity contribution in [2.45, 2.75) is 45.1 Å². The molecule has 0 radical (unpaired) electrons. The van der Waals surface area contributed by atoms with Gasteiger partial charge >= 0.3 is 5.97 Å². The van der Waals surface area contributed by atoms with E-state index < -0.39 is 16.9 Å². The molecule has 3 aliphatic carbocycles. The van der Waals surface area contributed by atoms with Gasteiger partial charge in [0.25, 0.3) is 0 Å². The zero-order valence-electron chi connectivity index (χ0n) is 11.8. The molecule has 4 rings (SSSR count). The van der Waals surface area contributed by atoms with Gasteiger partial charge in [-0.3, -0.25) is 14.4 Å². The Morgan fingerprint density at radius 1 is 1.50 bits per heavy atom. The number of nitrogens with two attached hydrogens (primary N) is 1. The van der Waals surface area contributed by atoms with E-state index in [1.165, 1.54) is 13.0 Å². The third-order valence-electron chi connectivity index (χ3n) is 5.54. The van der Waals surface area contributed by atoms with Gasteiger partial charge in [-0.05, 0) is 45.1 Å². The fourth-order valence-electron chi connectivity index (χ4n) is 4.36. The number of ether oxygens (including phenoxy) is 1. The number of carbonyl (C=O) groups excluding carboxylic acids is 3. The smallest absolute Gasteiger partial charge is 0.313 e. The molecule has 1 aliphatic heterocycles. The van der Waals surface area contributed by atoms with Crippen LogP contribution in [0.25, 0.3) is 0 Å². The first-order valence-corrected chi connectivity index (χ1v) is 7.04. The lowest BCUT2D eigenvalue weighted by Gasteiger charge is -2.56. The normalized spacial score (nSPS) is 41.9. The van der Waals surface area contributed by atoms with Crippen LogP contribution in [0.2, 0.25) is 0 Å². The summed E-state index contributed by atoms with van der Waals surface area (Å²) >= 11 is 0. The predicted molar refractivity (Wildman–Crippen MR) is 70.3 cm³/mol. The number of ketones is 1. The van der Waals surface area contributed by atoms with E-state index in [-0.39, 0.29) is 35.6 Å². The van der Waals surface area contributed by atoms with Crippen molar-refractivity contribution in [1.82, 2.24) is 0 Å². The highest BCUT2D eigenvalue weighted by Crippen LogP contribution is 2.70. The molecule has 2 N–H and O–H groups in total. The zero-order valence-corrected chi connectivity index (χ0v) is 11.8. The molecule has 4 fully saturated rings. The Labute approximate surface area is 117 Å². The van der Waals surface area contributed by atoms with E-state index >= 15 is 0 Å². The molecular formula is C15H19NO4. The summed E-state index contributed by atoms with van der Waals surface area (Å²) in [6, 6.07) is 0. The molecule has 0 spiro atoms. The molecule has 108 valence electrons. The van der Waals surface area contributed by atoms with Crippen LogP contribution < -0.4 is 5.73 Å². The van der Waals surface area contributed by atoms with E-state index in [1.54, 1.807) is 0 Å². The molecule has 5 nitrogen and oxygen atoms in total. The van der Waals surface area contributed by atoms with Gasteiger partial charge in [0.2, 0.25) is 5.91 Å². The van der Waals surface area contributed by atoms with Crippen molar-refractivity contribution < 1.29 is 19.1 Å². The van der Waals surface area contributed by atoms with Crippen molar-refractivity contribution in [3.05, 3.63) is 11.6 Å². The van der Waals surface area contributed by atoms with Gasteiger partial charge in [-0.15, -0.1) is 0 Å². The summed E-state index contributed by atoms with van der Waals surface area (Å²) in [7, 11) is 0. The molecule has 3 saturated carbocycles. The molecule has 0 aromatic heterocycles. The average molecular weight is 277 g/mol. The molecule has 20 heavy (non-hydrogen) atoms. The molecule has 0 aromatic rings. The van der Waals surface area contributed by atoms with Gasteiger partial charge < -0.3 is 10.5 Å². The number of primary amides is 1. The average Bonchev–Trinajstić information content (AvgIpc) is 2.43. The van der Waals surface area contributed by atoms with Crippen molar-refractivity contribution in [3.8, 4) is 0 Å². The molecule has 0 aromatic carbocycles. The fraction of sp³-hybridized carbons (Fsp3) is 0.667. The number of hydrogen-bond donors (Lipinski definition) is 1. The molecule has 1 amide bonds. The minimum absolute atomic E-state index is 0.140. The van der Waals surface area contributed by atoms with Crippen LogP contribution in [-0.4, -0.2) is 23.3 Å². The van der Waals surface area contributed by atoms with Gasteiger partial charge in [0.15, 0.2) is 5.78 Å². The van der Waals surface area contributed by atoms with E-state index in [1.807, 2.05) is 6.92 Å². The van der Waals surface area contributed by atoms with Crippen LogP contribution in [0.3, 0.4) is 0 Å². The van der Waals surface area contributed by atoms with E-state index in [0.717, 1.165) is 19.3 Å². The molecule has 5 heteroatoms. The Hall–Kier alpha value is -1.65. The van der Waals surface area contributed by atoms with Gasteiger partial charge in [0.05, 0.1) is 5.41 Å². The number of rotatable bonds is 4. The van der Waals surface area contributed by atoms with Crippen LogP contribution >= 0.6 is 0 Å². The van der Waals surface area contributed by atoms with Crippen LogP contribution in [0.1, 0.15) is 39.5 Å². The van der Waals surface area contributed by atoms with Crippen LogP contribution in [0.4, 0.5) is 0 Å². The van der Waals surface area contributed by atoms with Gasteiger partial charge in [-0.25, -0.2) is 0 Å². The second-order valence-corrected chi connectivity index (χ2v) is 6.60. The van der Waals surface area contributed by atoms with Crippen LogP contribution in [-0.2, 0) is 19.1 Å². The minimum Gasteiger partial charge on any atom is -0.459 e. The Morgan fingerprint density at radius 3 is 2.80 bits per heavy atom. The number of amides is 1. The maximum absolute atomic E-state index is 12.3. The molecule has 4 bridgehead atoms. The van der Waals surface area contributed by atoms with Gasteiger partial charge in [0, 0.05) is 17.9 Å². The van der Waals surface area contributed by atoms with Crippen molar-refractivity contribution in [3.63, 3.8) is 0 Å². The van der Waals surface area contributed by atoms with Crippen LogP contribution in [0.5, 0.6) is 0 Å². The molecule has 1 heterocycles. The minimum atomic E-state index is -0.640. The first-order valence-electron chi connectivity index (χ1n) is 7.04. The van der Waals surface area contributed by atoms with Crippen LogP contribution in [0, 0.1) is 17.3 Å². The second kappa shape index (κ2) is 3.93. The lowest BCUT2D eigenvalue weighted by Crippen LogP contribution is -2.59. The van der Waals surface area contributed by atoms with Crippen LogP contribution in [0.15, 0.2) is 11.6 Å². The Morgan fingerprint density at radius 2 is 2.20 bits per heavy atom. The van der Waals surface area contributed by atoms with Gasteiger partial charge in [-0.2, -0.15) is 0 Å². The summed E-state index contributed by atoms with van der Waals surface area (Å²) in [5.74, 6) is -0.644. The van der Waals surface area contributed by atoms with Gasteiger partial charge in [0.1, 0.15) is 5.60 Å². The van der Waals surface area contributed by atoms with Crippen molar-refractivity contribution >= 4 is 17.7 Å². The standard InChI is InChI=1S/C15H19NO4/c1-8(12(16)18)5-10(17)7-15-9-3-4-14(2,11(15)6-9)20-13(15)19/h5,9,11H,3-4,6-7H2,1-2H3,(H2,16,18). The predicted octanol–water partition coefficient (Wildman–Crippen LogP) is 1.11. The second-order valence-electron chi connectivity index (χ2n) is 6.60. The van der Waals surface area contributed by atoms with Crippen molar-refractivity contribution in [1.29, 1.82) is 0 Å². The van der Waals surface area contributed by atoms with Crippen molar-refractivity contribution in [2.75, 3.05) is 0 Å². The summed E-state index contributed by atoms with van der Waals surface area (Å²) in [5, 5.41) is 0. The summed E-state index contributed by atoms with van der Waals surface area (Å²) in [6.07, 6.45) is 4.19. The SMILES string of the molecule is CC(=CC(=O)CC12C(=O)OC3(C)CCC1CC32)C(N)=O. The summed E-state index contributed by atoms with van der Waals surface area (Å²) in [6.45, 7) is 3.48. The molecule has 4 atom stereocenters.